The lowest BCUT2D eigenvalue weighted by molar-refractivity contribution is -0.209. The average molecular weight is 290 g/mol. The molecular weight excluding hydrogens is 272 g/mol. The van der Waals surface area contributed by atoms with Crippen LogP contribution in [-0.4, -0.2) is 57.3 Å². The number of aliphatic hydroxyl groups is 3. The van der Waals surface area contributed by atoms with Crippen LogP contribution in [0.15, 0.2) is 0 Å². The second kappa shape index (κ2) is 6.54. The third-order valence-electron chi connectivity index (χ3n) is 3.33. The Morgan fingerprint density at radius 1 is 1.37 bits per heavy atom. The maximum atomic E-state index is 11.2. The number of hydrogen-bond acceptors (Lipinski definition) is 7. The van der Waals surface area contributed by atoms with Crippen molar-refractivity contribution in [1.29, 1.82) is 5.26 Å². The molecule has 19 heavy (non-hydrogen) atoms. The molecule has 0 aromatic carbocycles. The summed E-state index contributed by atoms with van der Waals surface area (Å²) in [7, 11) is 0. The van der Waals surface area contributed by atoms with E-state index in [-0.39, 0.29) is 0 Å². The summed E-state index contributed by atoms with van der Waals surface area (Å²) in [5.41, 5.74) is 4.37. The van der Waals surface area contributed by atoms with Gasteiger partial charge in [0, 0.05) is 0 Å². The number of nitriles is 1. The number of hydrogen-bond donors (Lipinski definition) is 4. The third-order valence-corrected chi connectivity index (χ3v) is 4.18. The number of carbonyl (C=O) groups is 1. The molecule has 0 aromatic rings. The monoisotopic (exact) mass is 290 g/mol. The van der Waals surface area contributed by atoms with Gasteiger partial charge in [0.05, 0.1) is 17.9 Å². The first-order chi connectivity index (χ1) is 8.84. The van der Waals surface area contributed by atoms with Crippen molar-refractivity contribution in [2.24, 2.45) is 17.6 Å². The summed E-state index contributed by atoms with van der Waals surface area (Å²) >= 11 is 1.14. The highest BCUT2D eigenvalue weighted by atomic mass is 32.2. The van der Waals surface area contributed by atoms with E-state index in [0.717, 1.165) is 11.8 Å². The van der Waals surface area contributed by atoms with Crippen molar-refractivity contribution >= 4 is 17.7 Å². The number of nitrogens with zero attached hydrogens (tertiary/aromatic N) is 1. The Hall–Kier alpha value is -0.850. The van der Waals surface area contributed by atoms with Crippen LogP contribution in [0.4, 0.5) is 0 Å². The second-order valence-corrected chi connectivity index (χ2v) is 5.46. The smallest absolute Gasteiger partial charge is 0.221 e. The molecule has 0 spiro atoms. The number of aliphatic hydroxyl groups excluding tert-OH is 3. The lowest BCUT2D eigenvalue weighted by Crippen LogP contribution is -2.59. The van der Waals surface area contributed by atoms with E-state index < -0.39 is 47.6 Å². The molecule has 1 saturated heterocycles. The zero-order chi connectivity index (χ0) is 14.7. The Labute approximate surface area is 115 Å². The standard InChI is InChI=1S/C11H18N2O5S/c1-4(10(13)17)5(3-12)9-7(15)6(14)8(16)11(18-9)19-2/h4-9,11,14-16H,1-2H3,(H2,13,17). The van der Waals surface area contributed by atoms with Crippen LogP contribution >= 0.6 is 11.8 Å². The number of rotatable bonds is 4. The maximum absolute atomic E-state index is 11.2. The van der Waals surface area contributed by atoms with Gasteiger partial charge in [0.15, 0.2) is 0 Å². The van der Waals surface area contributed by atoms with Gasteiger partial charge in [0.2, 0.25) is 5.91 Å². The molecule has 1 rings (SSSR count). The van der Waals surface area contributed by atoms with Crippen LogP contribution < -0.4 is 5.73 Å². The molecule has 0 aliphatic carbocycles. The summed E-state index contributed by atoms with van der Waals surface area (Å²) in [6.07, 6.45) is -3.57. The van der Waals surface area contributed by atoms with Crippen molar-refractivity contribution in [3.8, 4) is 6.07 Å². The summed E-state index contributed by atoms with van der Waals surface area (Å²) in [4.78, 5) is 11.2. The van der Waals surface area contributed by atoms with Gasteiger partial charge in [-0.3, -0.25) is 4.79 Å². The van der Waals surface area contributed by atoms with Gasteiger partial charge in [-0.25, -0.2) is 0 Å². The van der Waals surface area contributed by atoms with Gasteiger partial charge in [0.1, 0.15) is 29.9 Å². The van der Waals surface area contributed by atoms with Crippen molar-refractivity contribution in [2.75, 3.05) is 6.26 Å². The molecule has 0 bridgehead atoms. The molecule has 1 heterocycles. The van der Waals surface area contributed by atoms with E-state index >= 15 is 0 Å². The largest absolute Gasteiger partial charge is 0.388 e. The zero-order valence-electron chi connectivity index (χ0n) is 10.6. The van der Waals surface area contributed by atoms with Crippen molar-refractivity contribution in [3.63, 3.8) is 0 Å². The Bertz CT molecular complexity index is 373. The van der Waals surface area contributed by atoms with E-state index in [4.69, 9.17) is 15.7 Å². The fourth-order valence-electron chi connectivity index (χ4n) is 2.01. The van der Waals surface area contributed by atoms with Crippen LogP contribution in [0.25, 0.3) is 0 Å². The summed E-state index contributed by atoms with van der Waals surface area (Å²) in [5.74, 6) is -2.53. The Balaban J connectivity index is 2.97. The highest BCUT2D eigenvalue weighted by Crippen LogP contribution is 2.32. The van der Waals surface area contributed by atoms with E-state index in [0.29, 0.717) is 0 Å². The fourth-order valence-corrected chi connectivity index (χ4v) is 2.69. The number of nitrogens with two attached hydrogens (primary N) is 1. The minimum atomic E-state index is -1.45. The lowest BCUT2D eigenvalue weighted by Gasteiger charge is -2.42. The first kappa shape index (κ1) is 16.2. The molecule has 0 aromatic heterocycles. The van der Waals surface area contributed by atoms with Crippen molar-refractivity contribution in [2.45, 2.75) is 36.8 Å². The molecule has 108 valence electrons. The fraction of sp³-hybridized carbons (Fsp3) is 0.818. The Kier molecular flexibility index (Phi) is 5.58. The highest BCUT2D eigenvalue weighted by Gasteiger charge is 2.48. The molecule has 8 heteroatoms. The van der Waals surface area contributed by atoms with Gasteiger partial charge in [-0.1, -0.05) is 6.92 Å². The van der Waals surface area contributed by atoms with Crippen LogP contribution in [0.5, 0.6) is 0 Å². The molecule has 1 aliphatic rings. The van der Waals surface area contributed by atoms with E-state index in [9.17, 15) is 20.1 Å². The van der Waals surface area contributed by atoms with Gasteiger partial charge in [-0.05, 0) is 6.26 Å². The SMILES string of the molecule is CSC1OC(C(C#N)C(C)C(N)=O)C(O)C(O)C1O. The Morgan fingerprint density at radius 3 is 2.37 bits per heavy atom. The topological polar surface area (TPSA) is 137 Å². The van der Waals surface area contributed by atoms with E-state index in [1.54, 1.807) is 6.26 Å². The van der Waals surface area contributed by atoms with E-state index in [2.05, 4.69) is 0 Å². The molecule has 0 radical (unpaired) electrons. The van der Waals surface area contributed by atoms with Crippen LogP contribution in [0, 0.1) is 23.2 Å². The van der Waals surface area contributed by atoms with E-state index in [1.807, 2.05) is 6.07 Å². The number of amides is 1. The molecule has 7 unspecified atom stereocenters. The summed E-state index contributed by atoms with van der Waals surface area (Å²) in [6, 6.07) is 1.88. The normalized spacial score (nSPS) is 38.2. The third kappa shape index (κ3) is 3.19. The first-order valence-electron chi connectivity index (χ1n) is 5.76. The predicted molar refractivity (Wildman–Crippen MR) is 67.7 cm³/mol. The zero-order valence-corrected chi connectivity index (χ0v) is 11.4. The predicted octanol–water partition coefficient (Wildman–Crippen LogP) is -1.58. The molecule has 0 saturated carbocycles. The number of primary amides is 1. The first-order valence-corrected chi connectivity index (χ1v) is 7.05. The molecule has 7 atom stereocenters. The van der Waals surface area contributed by atoms with Crippen molar-refractivity contribution < 1.29 is 24.9 Å². The summed E-state index contributed by atoms with van der Waals surface area (Å²) in [5, 5.41) is 38.5. The van der Waals surface area contributed by atoms with Crippen LogP contribution in [-0.2, 0) is 9.53 Å². The molecule has 1 aliphatic heterocycles. The van der Waals surface area contributed by atoms with Gasteiger partial charge in [-0.15, -0.1) is 11.8 Å². The number of thioether (sulfide) groups is 1. The molecular formula is C11H18N2O5S. The van der Waals surface area contributed by atoms with Gasteiger partial charge < -0.3 is 25.8 Å². The maximum Gasteiger partial charge on any atom is 0.221 e. The molecule has 1 fully saturated rings. The minimum Gasteiger partial charge on any atom is -0.388 e. The van der Waals surface area contributed by atoms with Gasteiger partial charge in [0.25, 0.3) is 0 Å². The molecule has 5 N–H and O–H groups in total. The van der Waals surface area contributed by atoms with Crippen LogP contribution in [0.2, 0.25) is 0 Å². The highest BCUT2D eigenvalue weighted by molar-refractivity contribution is 7.99. The van der Waals surface area contributed by atoms with Gasteiger partial charge in [-0.2, -0.15) is 5.26 Å². The number of carbonyl (C=O) groups excluding carboxylic acids is 1. The van der Waals surface area contributed by atoms with Crippen LogP contribution in [0.3, 0.4) is 0 Å². The molecule has 1 amide bonds. The van der Waals surface area contributed by atoms with Crippen molar-refractivity contribution in [3.05, 3.63) is 0 Å². The quantitative estimate of drug-likeness (QED) is 0.490. The minimum absolute atomic E-state index is 0.691. The van der Waals surface area contributed by atoms with Crippen molar-refractivity contribution in [1.82, 2.24) is 0 Å². The van der Waals surface area contributed by atoms with Gasteiger partial charge >= 0.3 is 0 Å². The summed E-state index contributed by atoms with van der Waals surface area (Å²) < 4.78 is 5.43. The summed E-state index contributed by atoms with van der Waals surface area (Å²) in [6.45, 7) is 1.46. The number of ether oxygens (including phenoxy) is 1. The average Bonchev–Trinajstić information content (AvgIpc) is 2.39. The lowest BCUT2D eigenvalue weighted by atomic mass is 9.83. The molecule has 7 nitrogen and oxygen atoms in total. The Morgan fingerprint density at radius 2 is 1.95 bits per heavy atom. The van der Waals surface area contributed by atoms with E-state index in [1.165, 1.54) is 6.92 Å². The van der Waals surface area contributed by atoms with Crippen LogP contribution in [0.1, 0.15) is 6.92 Å². The second-order valence-electron chi connectivity index (χ2n) is 4.52.